The number of carbonyl (C=O) groups excluding carboxylic acids is 1. The highest BCUT2D eigenvalue weighted by Gasteiger charge is 2.02. The van der Waals surface area contributed by atoms with Crippen LogP contribution in [0.3, 0.4) is 0 Å². The van der Waals surface area contributed by atoms with Crippen molar-refractivity contribution in [2.75, 3.05) is 5.32 Å². The number of hydrogen-bond donors (Lipinski definition) is 2. The Kier molecular flexibility index (Phi) is 3.92. The van der Waals surface area contributed by atoms with Gasteiger partial charge in [0.1, 0.15) is 5.75 Å². The fourth-order valence-corrected chi connectivity index (χ4v) is 1.14. The summed E-state index contributed by atoms with van der Waals surface area (Å²) in [5.41, 5.74) is 1.41. The molecular weight excluding hydrogens is 190 g/mol. The lowest BCUT2D eigenvalue weighted by Gasteiger charge is -2.05. The second-order valence-electron chi connectivity index (χ2n) is 3.38. The van der Waals surface area contributed by atoms with E-state index in [4.69, 9.17) is 0 Å². The topological polar surface area (TPSA) is 49.3 Å². The maximum absolute atomic E-state index is 11.3. The highest BCUT2D eigenvalue weighted by molar-refractivity contribution is 5.91. The average molecular weight is 205 g/mol. The molecule has 3 nitrogen and oxygen atoms in total. The van der Waals surface area contributed by atoms with E-state index in [0.29, 0.717) is 18.5 Å². The second kappa shape index (κ2) is 5.20. The predicted molar refractivity (Wildman–Crippen MR) is 60.9 cm³/mol. The number of rotatable bonds is 4. The Bertz CT molecular complexity index is 372. The SMILES string of the molecule is C=CCCC(=O)Nc1ccc(C)c(O)c1. The molecule has 0 atom stereocenters. The molecule has 0 aliphatic carbocycles. The molecule has 1 aromatic rings. The van der Waals surface area contributed by atoms with Crippen LogP contribution in [-0.2, 0) is 4.79 Å². The summed E-state index contributed by atoms with van der Waals surface area (Å²) in [7, 11) is 0. The van der Waals surface area contributed by atoms with Crippen molar-refractivity contribution in [3.05, 3.63) is 36.4 Å². The number of phenolic OH excluding ortho intramolecular Hbond substituents is 1. The number of amides is 1. The summed E-state index contributed by atoms with van der Waals surface area (Å²) in [6.45, 7) is 5.35. The molecule has 0 spiro atoms. The Morgan fingerprint density at radius 3 is 2.93 bits per heavy atom. The monoisotopic (exact) mass is 205 g/mol. The van der Waals surface area contributed by atoms with Gasteiger partial charge in [-0.2, -0.15) is 0 Å². The van der Waals surface area contributed by atoms with Crippen molar-refractivity contribution in [1.82, 2.24) is 0 Å². The normalized spacial score (nSPS) is 9.67. The summed E-state index contributed by atoms with van der Waals surface area (Å²) in [5.74, 6) is 0.120. The molecule has 3 heteroatoms. The lowest BCUT2D eigenvalue weighted by atomic mass is 10.2. The van der Waals surface area contributed by atoms with Gasteiger partial charge >= 0.3 is 0 Å². The van der Waals surface area contributed by atoms with E-state index in [2.05, 4.69) is 11.9 Å². The van der Waals surface area contributed by atoms with E-state index in [1.165, 1.54) is 0 Å². The number of benzene rings is 1. The maximum Gasteiger partial charge on any atom is 0.224 e. The third kappa shape index (κ3) is 3.46. The first-order valence-corrected chi connectivity index (χ1v) is 4.84. The Morgan fingerprint density at radius 1 is 1.60 bits per heavy atom. The molecule has 0 radical (unpaired) electrons. The lowest BCUT2D eigenvalue weighted by Crippen LogP contribution is -2.10. The summed E-state index contributed by atoms with van der Waals surface area (Å²) in [6.07, 6.45) is 2.77. The molecule has 0 unspecified atom stereocenters. The van der Waals surface area contributed by atoms with E-state index in [9.17, 15) is 9.90 Å². The van der Waals surface area contributed by atoms with Gasteiger partial charge in [0.25, 0.3) is 0 Å². The number of hydrogen-bond acceptors (Lipinski definition) is 2. The minimum Gasteiger partial charge on any atom is -0.508 e. The van der Waals surface area contributed by atoms with Crippen LogP contribution in [0.25, 0.3) is 0 Å². The molecule has 80 valence electrons. The first-order valence-electron chi connectivity index (χ1n) is 4.84. The van der Waals surface area contributed by atoms with Gasteiger partial charge in [0.05, 0.1) is 0 Å². The summed E-state index contributed by atoms with van der Waals surface area (Å²) >= 11 is 0. The molecule has 0 aromatic heterocycles. The molecular formula is C12H15NO2. The Hall–Kier alpha value is -1.77. The number of anilines is 1. The molecule has 1 aromatic carbocycles. The summed E-state index contributed by atoms with van der Waals surface area (Å²) in [5, 5.41) is 12.1. The molecule has 0 heterocycles. The summed E-state index contributed by atoms with van der Waals surface area (Å²) in [6, 6.07) is 5.07. The van der Waals surface area contributed by atoms with Crippen molar-refractivity contribution in [3.8, 4) is 5.75 Å². The molecule has 1 rings (SSSR count). The van der Waals surface area contributed by atoms with E-state index >= 15 is 0 Å². The van der Waals surface area contributed by atoms with Gasteiger partial charge in [0, 0.05) is 18.2 Å². The maximum atomic E-state index is 11.3. The van der Waals surface area contributed by atoms with Crippen LogP contribution in [0, 0.1) is 6.92 Å². The van der Waals surface area contributed by atoms with Crippen molar-refractivity contribution < 1.29 is 9.90 Å². The van der Waals surface area contributed by atoms with Gasteiger partial charge in [-0.1, -0.05) is 12.1 Å². The van der Waals surface area contributed by atoms with Crippen molar-refractivity contribution in [2.24, 2.45) is 0 Å². The molecule has 2 N–H and O–H groups in total. The highest BCUT2D eigenvalue weighted by atomic mass is 16.3. The Labute approximate surface area is 89.4 Å². The van der Waals surface area contributed by atoms with Gasteiger partial charge in [0.15, 0.2) is 0 Å². The van der Waals surface area contributed by atoms with Crippen LogP contribution in [-0.4, -0.2) is 11.0 Å². The molecule has 0 fully saturated rings. The third-order valence-corrected chi connectivity index (χ3v) is 2.07. The van der Waals surface area contributed by atoms with Crippen LogP contribution >= 0.6 is 0 Å². The fourth-order valence-electron chi connectivity index (χ4n) is 1.14. The predicted octanol–water partition coefficient (Wildman–Crippen LogP) is 2.61. The number of carbonyl (C=O) groups is 1. The van der Waals surface area contributed by atoms with E-state index in [1.54, 1.807) is 31.2 Å². The molecule has 15 heavy (non-hydrogen) atoms. The van der Waals surface area contributed by atoms with Crippen LogP contribution in [0.2, 0.25) is 0 Å². The van der Waals surface area contributed by atoms with Crippen LogP contribution < -0.4 is 5.32 Å². The molecule has 0 saturated carbocycles. The molecule has 0 aliphatic rings. The molecule has 0 bridgehead atoms. The molecule has 0 aliphatic heterocycles. The van der Waals surface area contributed by atoms with Gasteiger partial charge in [-0.3, -0.25) is 4.79 Å². The first kappa shape index (κ1) is 11.3. The Balaban J connectivity index is 2.60. The van der Waals surface area contributed by atoms with E-state index in [1.807, 2.05) is 0 Å². The Morgan fingerprint density at radius 2 is 2.33 bits per heavy atom. The average Bonchev–Trinajstić information content (AvgIpc) is 2.20. The van der Waals surface area contributed by atoms with Crippen molar-refractivity contribution in [2.45, 2.75) is 19.8 Å². The zero-order valence-corrected chi connectivity index (χ0v) is 8.79. The number of aryl methyl sites for hydroxylation is 1. The third-order valence-electron chi connectivity index (χ3n) is 2.07. The number of phenols is 1. The summed E-state index contributed by atoms with van der Waals surface area (Å²) < 4.78 is 0. The summed E-state index contributed by atoms with van der Waals surface area (Å²) in [4.78, 5) is 11.3. The quantitative estimate of drug-likeness (QED) is 0.742. The van der Waals surface area contributed by atoms with Crippen molar-refractivity contribution in [3.63, 3.8) is 0 Å². The second-order valence-corrected chi connectivity index (χ2v) is 3.38. The first-order chi connectivity index (χ1) is 7.13. The fraction of sp³-hybridized carbons (Fsp3) is 0.250. The lowest BCUT2D eigenvalue weighted by molar-refractivity contribution is -0.116. The van der Waals surface area contributed by atoms with Crippen molar-refractivity contribution in [1.29, 1.82) is 0 Å². The zero-order valence-electron chi connectivity index (χ0n) is 8.79. The molecule has 0 saturated heterocycles. The zero-order chi connectivity index (χ0) is 11.3. The van der Waals surface area contributed by atoms with Crippen LogP contribution in [0.4, 0.5) is 5.69 Å². The smallest absolute Gasteiger partial charge is 0.224 e. The van der Waals surface area contributed by atoms with Gasteiger partial charge < -0.3 is 10.4 Å². The molecule has 1 amide bonds. The van der Waals surface area contributed by atoms with Crippen LogP contribution in [0.15, 0.2) is 30.9 Å². The largest absolute Gasteiger partial charge is 0.508 e. The number of nitrogens with one attached hydrogen (secondary N) is 1. The highest BCUT2D eigenvalue weighted by Crippen LogP contribution is 2.20. The number of aromatic hydroxyl groups is 1. The minimum absolute atomic E-state index is 0.0712. The van der Waals surface area contributed by atoms with Crippen LogP contribution in [0.1, 0.15) is 18.4 Å². The standard InChI is InChI=1S/C12H15NO2/c1-3-4-5-12(15)13-10-7-6-9(2)11(14)8-10/h3,6-8,14H,1,4-5H2,2H3,(H,13,15). The van der Waals surface area contributed by atoms with E-state index in [0.717, 1.165) is 5.56 Å². The van der Waals surface area contributed by atoms with Gasteiger partial charge in [-0.15, -0.1) is 6.58 Å². The van der Waals surface area contributed by atoms with E-state index < -0.39 is 0 Å². The van der Waals surface area contributed by atoms with Gasteiger partial charge in [0.2, 0.25) is 5.91 Å². The van der Waals surface area contributed by atoms with Gasteiger partial charge in [-0.25, -0.2) is 0 Å². The minimum atomic E-state index is -0.0712. The van der Waals surface area contributed by atoms with Crippen molar-refractivity contribution >= 4 is 11.6 Å². The van der Waals surface area contributed by atoms with E-state index in [-0.39, 0.29) is 11.7 Å². The van der Waals surface area contributed by atoms with Gasteiger partial charge in [-0.05, 0) is 25.0 Å². The van der Waals surface area contributed by atoms with Crippen LogP contribution in [0.5, 0.6) is 5.75 Å². The number of allylic oxidation sites excluding steroid dienone is 1.